The number of rotatable bonds is 6. The normalized spacial score (nSPS) is 11.9. The van der Waals surface area contributed by atoms with E-state index in [9.17, 15) is 9.59 Å². The number of carbonyl (C=O) groups excluding carboxylic acids is 2. The van der Waals surface area contributed by atoms with Gasteiger partial charge in [-0.3, -0.25) is 9.59 Å². The number of ether oxygens (including phenoxy) is 2. The van der Waals surface area contributed by atoms with Gasteiger partial charge in [0.2, 0.25) is 6.79 Å². The van der Waals surface area contributed by atoms with Crippen molar-refractivity contribution in [3.63, 3.8) is 0 Å². The van der Waals surface area contributed by atoms with Crippen LogP contribution in [-0.4, -0.2) is 23.2 Å². The van der Waals surface area contributed by atoms with Crippen LogP contribution in [0, 0.1) is 13.8 Å². The molecular formula is C26H23N3O5. The Morgan fingerprint density at radius 3 is 2.50 bits per heavy atom. The summed E-state index contributed by atoms with van der Waals surface area (Å²) in [5.74, 6) is 1.37. The summed E-state index contributed by atoms with van der Waals surface area (Å²) in [6.07, 6.45) is 1.63. The first-order chi connectivity index (χ1) is 16.5. The lowest BCUT2D eigenvalue weighted by Gasteiger charge is -2.12. The van der Waals surface area contributed by atoms with Crippen molar-refractivity contribution in [3.05, 3.63) is 95.2 Å². The topological polar surface area (TPSA) is 94.7 Å². The summed E-state index contributed by atoms with van der Waals surface area (Å²) in [6.45, 7) is 4.53. The number of anilines is 2. The fourth-order valence-corrected chi connectivity index (χ4v) is 3.99. The van der Waals surface area contributed by atoms with Crippen molar-refractivity contribution in [2.24, 2.45) is 0 Å². The number of para-hydroxylation sites is 1. The molecule has 5 rings (SSSR count). The maximum absolute atomic E-state index is 13.2. The number of fused-ring (bicyclic) bond motifs is 1. The van der Waals surface area contributed by atoms with E-state index in [0.29, 0.717) is 40.5 Å². The number of benzene rings is 2. The third kappa shape index (κ3) is 4.13. The summed E-state index contributed by atoms with van der Waals surface area (Å²) >= 11 is 0. The molecule has 0 spiro atoms. The number of aromatic nitrogens is 1. The van der Waals surface area contributed by atoms with E-state index in [4.69, 9.17) is 13.9 Å². The SMILES string of the molecule is Cc1cc(C(=O)Nc2ccccc2C(=O)Nc2ccc3c(c2)OCO3)c(C)n1Cc1ccco1. The molecule has 0 aliphatic carbocycles. The van der Waals surface area contributed by atoms with Gasteiger partial charge < -0.3 is 29.1 Å². The van der Waals surface area contributed by atoms with E-state index in [1.807, 2.05) is 36.6 Å². The van der Waals surface area contributed by atoms with Crippen LogP contribution in [0.5, 0.6) is 11.5 Å². The van der Waals surface area contributed by atoms with Gasteiger partial charge in [0.05, 0.1) is 29.6 Å². The second-order valence-electron chi connectivity index (χ2n) is 7.97. The monoisotopic (exact) mass is 457 g/mol. The predicted molar refractivity (Wildman–Crippen MR) is 127 cm³/mol. The van der Waals surface area contributed by atoms with Crippen molar-refractivity contribution in [2.75, 3.05) is 17.4 Å². The predicted octanol–water partition coefficient (Wildman–Crippen LogP) is 4.98. The van der Waals surface area contributed by atoms with Crippen LogP contribution in [-0.2, 0) is 6.54 Å². The van der Waals surface area contributed by atoms with Crippen molar-refractivity contribution in [2.45, 2.75) is 20.4 Å². The number of nitrogens with one attached hydrogen (secondary N) is 2. The molecule has 3 heterocycles. The molecular weight excluding hydrogens is 434 g/mol. The first-order valence-corrected chi connectivity index (χ1v) is 10.8. The summed E-state index contributed by atoms with van der Waals surface area (Å²) in [6, 6.07) is 17.6. The van der Waals surface area contributed by atoms with Crippen LogP contribution in [0.4, 0.5) is 11.4 Å². The summed E-state index contributed by atoms with van der Waals surface area (Å²) in [4.78, 5) is 26.2. The van der Waals surface area contributed by atoms with Crippen LogP contribution in [0.2, 0.25) is 0 Å². The van der Waals surface area contributed by atoms with E-state index in [1.165, 1.54) is 0 Å². The molecule has 8 heteroatoms. The molecule has 1 aliphatic rings. The minimum atomic E-state index is -0.349. The minimum Gasteiger partial charge on any atom is -0.467 e. The standard InChI is InChI=1S/C26H23N3O5/c1-16-12-21(17(2)29(16)14-19-6-5-11-32-19)26(31)28-22-8-4-3-7-20(22)25(30)27-18-9-10-23-24(13-18)34-15-33-23/h3-13H,14-15H2,1-2H3,(H,27,30)(H,28,31). The van der Waals surface area contributed by atoms with E-state index in [-0.39, 0.29) is 18.6 Å². The van der Waals surface area contributed by atoms with Gasteiger partial charge in [-0.2, -0.15) is 0 Å². The van der Waals surface area contributed by atoms with Crippen molar-refractivity contribution in [3.8, 4) is 11.5 Å². The van der Waals surface area contributed by atoms with Crippen LogP contribution in [0.3, 0.4) is 0 Å². The number of furan rings is 1. The van der Waals surface area contributed by atoms with Gasteiger partial charge in [0.25, 0.3) is 11.8 Å². The molecule has 0 saturated carbocycles. The average Bonchev–Trinajstić information content (AvgIpc) is 3.57. The first-order valence-electron chi connectivity index (χ1n) is 10.8. The minimum absolute atomic E-state index is 0.156. The molecule has 2 amide bonds. The van der Waals surface area contributed by atoms with Crippen molar-refractivity contribution < 1.29 is 23.5 Å². The van der Waals surface area contributed by atoms with Crippen LogP contribution < -0.4 is 20.1 Å². The molecule has 4 aromatic rings. The van der Waals surface area contributed by atoms with E-state index < -0.39 is 0 Å². The Morgan fingerprint density at radius 2 is 1.68 bits per heavy atom. The van der Waals surface area contributed by atoms with E-state index in [0.717, 1.165) is 17.1 Å². The van der Waals surface area contributed by atoms with Gasteiger partial charge in [0.15, 0.2) is 11.5 Å². The Morgan fingerprint density at radius 1 is 0.882 bits per heavy atom. The molecule has 8 nitrogen and oxygen atoms in total. The van der Waals surface area contributed by atoms with Gasteiger partial charge in [-0.25, -0.2) is 0 Å². The molecule has 0 bridgehead atoms. The van der Waals surface area contributed by atoms with Crippen LogP contribution in [0.15, 0.2) is 71.3 Å². The highest BCUT2D eigenvalue weighted by Crippen LogP contribution is 2.34. The molecule has 2 aromatic heterocycles. The van der Waals surface area contributed by atoms with Gasteiger partial charge in [-0.1, -0.05) is 12.1 Å². The quantitative estimate of drug-likeness (QED) is 0.426. The molecule has 0 fully saturated rings. The number of amides is 2. The van der Waals surface area contributed by atoms with Gasteiger partial charge >= 0.3 is 0 Å². The molecule has 0 saturated heterocycles. The van der Waals surface area contributed by atoms with Crippen LogP contribution in [0.25, 0.3) is 0 Å². The Bertz CT molecular complexity index is 1370. The summed E-state index contributed by atoms with van der Waals surface area (Å²) in [5, 5.41) is 5.74. The maximum atomic E-state index is 13.2. The largest absolute Gasteiger partial charge is 0.467 e. The number of hydrogen-bond acceptors (Lipinski definition) is 5. The highest BCUT2D eigenvalue weighted by molar-refractivity contribution is 6.12. The number of aryl methyl sites for hydroxylation is 1. The van der Waals surface area contributed by atoms with Crippen molar-refractivity contribution >= 4 is 23.2 Å². The molecule has 172 valence electrons. The van der Waals surface area contributed by atoms with E-state index in [1.54, 1.807) is 48.7 Å². The molecule has 0 atom stereocenters. The lowest BCUT2D eigenvalue weighted by Crippen LogP contribution is -2.18. The summed E-state index contributed by atoms with van der Waals surface area (Å²) < 4.78 is 18.1. The molecule has 2 N–H and O–H groups in total. The number of nitrogens with zero attached hydrogens (tertiary/aromatic N) is 1. The van der Waals surface area contributed by atoms with Gasteiger partial charge in [-0.05, 0) is 56.3 Å². The molecule has 0 radical (unpaired) electrons. The van der Waals surface area contributed by atoms with Crippen molar-refractivity contribution in [1.82, 2.24) is 4.57 Å². The van der Waals surface area contributed by atoms with E-state index in [2.05, 4.69) is 10.6 Å². The Labute approximate surface area is 196 Å². The Balaban J connectivity index is 1.35. The van der Waals surface area contributed by atoms with Crippen LogP contribution >= 0.6 is 0 Å². The molecule has 0 unspecified atom stereocenters. The number of hydrogen-bond donors (Lipinski definition) is 2. The van der Waals surface area contributed by atoms with Gasteiger partial charge in [0.1, 0.15) is 5.76 Å². The Hall–Kier alpha value is -4.46. The molecule has 2 aromatic carbocycles. The smallest absolute Gasteiger partial charge is 0.257 e. The van der Waals surface area contributed by atoms with Crippen molar-refractivity contribution in [1.29, 1.82) is 0 Å². The zero-order valence-corrected chi connectivity index (χ0v) is 18.8. The summed E-state index contributed by atoms with van der Waals surface area (Å²) in [7, 11) is 0. The van der Waals surface area contributed by atoms with Gasteiger partial charge in [0, 0.05) is 23.1 Å². The number of carbonyl (C=O) groups is 2. The first kappa shape index (κ1) is 21.4. The second-order valence-corrected chi connectivity index (χ2v) is 7.97. The van der Waals surface area contributed by atoms with Crippen LogP contribution in [0.1, 0.15) is 37.9 Å². The third-order valence-corrected chi connectivity index (χ3v) is 5.76. The third-order valence-electron chi connectivity index (χ3n) is 5.76. The highest BCUT2D eigenvalue weighted by Gasteiger charge is 2.20. The second kappa shape index (κ2) is 8.82. The van der Waals surface area contributed by atoms with Gasteiger partial charge in [-0.15, -0.1) is 0 Å². The fourth-order valence-electron chi connectivity index (χ4n) is 3.99. The summed E-state index contributed by atoms with van der Waals surface area (Å²) in [5.41, 5.74) is 3.62. The molecule has 1 aliphatic heterocycles. The highest BCUT2D eigenvalue weighted by atomic mass is 16.7. The zero-order chi connectivity index (χ0) is 23.7. The maximum Gasteiger partial charge on any atom is 0.257 e. The van der Waals surface area contributed by atoms with E-state index >= 15 is 0 Å². The average molecular weight is 457 g/mol. The lowest BCUT2D eigenvalue weighted by atomic mass is 10.1. The lowest BCUT2D eigenvalue weighted by molar-refractivity contribution is 0.102. The molecule has 34 heavy (non-hydrogen) atoms. The fraction of sp³-hybridized carbons (Fsp3) is 0.154. The zero-order valence-electron chi connectivity index (χ0n) is 18.8. The Kier molecular flexibility index (Phi) is 5.55.